The normalized spacial score (nSPS) is 25.8. The lowest BCUT2D eigenvalue weighted by Gasteiger charge is -2.46. The first-order valence-corrected chi connectivity index (χ1v) is 14.2. The molecular formula is C36H31NO2. The third-order valence-electron chi connectivity index (χ3n) is 8.92. The molecule has 3 atom stereocenters. The molecule has 3 aromatic rings. The van der Waals surface area contributed by atoms with Gasteiger partial charge >= 0.3 is 0 Å². The highest BCUT2D eigenvalue weighted by molar-refractivity contribution is 5.74. The molecule has 0 radical (unpaired) electrons. The second kappa shape index (κ2) is 9.00. The maximum Gasteiger partial charge on any atom is 0.132 e. The summed E-state index contributed by atoms with van der Waals surface area (Å²) < 4.78 is 13.5. The van der Waals surface area contributed by atoms with Crippen molar-refractivity contribution in [3.63, 3.8) is 0 Å². The van der Waals surface area contributed by atoms with Crippen molar-refractivity contribution in [3.05, 3.63) is 148 Å². The number of nitrogens with one attached hydrogen (secondary N) is 1. The van der Waals surface area contributed by atoms with Crippen LogP contribution in [0, 0.1) is 0 Å². The molecule has 2 aliphatic carbocycles. The number of hydrogen-bond acceptors (Lipinski definition) is 3. The Morgan fingerprint density at radius 3 is 2.36 bits per heavy atom. The van der Waals surface area contributed by atoms with Crippen LogP contribution in [0.4, 0.5) is 0 Å². The number of allylic oxidation sites excluding steroid dienone is 8. The summed E-state index contributed by atoms with van der Waals surface area (Å²) in [5, 5.41) is 3.65. The molecule has 192 valence electrons. The van der Waals surface area contributed by atoms with E-state index in [1.54, 1.807) is 0 Å². The molecule has 0 amide bonds. The van der Waals surface area contributed by atoms with Crippen molar-refractivity contribution < 1.29 is 9.47 Å². The second-order valence-electron chi connectivity index (χ2n) is 11.1. The van der Waals surface area contributed by atoms with E-state index in [9.17, 15) is 0 Å². The van der Waals surface area contributed by atoms with E-state index in [4.69, 9.17) is 9.47 Å². The first kappa shape index (κ1) is 22.9. The zero-order valence-corrected chi connectivity index (χ0v) is 21.9. The fourth-order valence-electron chi connectivity index (χ4n) is 7.08. The summed E-state index contributed by atoms with van der Waals surface area (Å²) in [4.78, 5) is 0. The molecular weight excluding hydrogens is 478 g/mol. The van der Waals surface area contributed by atoms with Crippen LogP contribution in [0.5, 0.6) is 17.2 Å². The summed E-state index contributed by atoms with van der Waals surface area (Å²) in [5.41, 5.74) is 6.85. The standard InChI is InChI=1S/C36H31NO2/c1-2-10-24(11-3-1)25-17-19-29-34(22-25)39-35-23-26(31-14-8-9-21-37-31)18-20-30(35)36(29)27-12-4-6-15-32(27)38-33-16-7-5-13-28(33)36/h1-6,8-10,12-13,15,17-20,22-24,31,37H,7,11,14,16,21H2. The van der Waals surface area contributed by atoms with Crippen molar-refractivity contribution in [1.82, 2.24) is 5.32 Å². The molecule has 0 fully saturated rings. The molecule has 8 rings (SSSR count). The maximum atomic E-state index is 6.89. The molecule has 3 aliphatic heterocycles. The Balaban J connectivity index is 1.39. The van der Waals surface area contributed by atoms with Gasteiger partial charge in [0.2, 0.25) is 0 Å². The van der Waals surface area contributed by atoms with E-state index < -0.39 is 5.41 Å². The van der Waals surface area contributed by atoms with Gasteiger partial charge in [-0.2, -0.15) is 0 Å². The van der Waals surface area contributed by atoms with E-state index in [2.05, 4.69) is 115 Å². The van der Waals surface area contributed by atoms with Crippen molar-refractivity contribution in [3.8, 4) is 17.2 Å². The summed E-state index contributed by atoms with van der Waals surface area (Å²) in [6.45, 7) is 0.897. The molecule has 3 heteroatoms. The molecule has 5 aliphatic rings. The largest absolute Gasteiger partial charge is 0.461 e. The molecule has 3 heterocycles. The fourth-order valence-corrected chi connectivity index (χ4v) is 7.08. The Morgan fingerprint density at radius 2 is 1.54 bits per heavy atom. The first-order chi connectivity index (χ1) is 19.3. The smallest absolute Gasteiger partial charge is 0.132 e. The van der Waals surface area contributed by atoms with Crippen LogP contribution in [0.25, 0.3) is 0 Å². The van der Waals surface area contributed by atoms with Gasteiger partial charge in [0, 0.05) is 47.2 Å². The van der Waals surface area contributed by atoms with Crippen molar-refractivity contribution in [2.45, 2.75) is 43.1 Å². The fraction of sp³-hybridized carbons (Fsp3) is 0.222. The van der Waals surface area contributed by atoms with Gasteiger partial charge in [-0.25, -0.2) is 0 Å². The molecule has 1 spiro atoms. The lowest BCUT2D eigenvalue weighted by atomic mass is 9.60. The molecule has 3 aromatic carbocycles. The summed E-state index contributed by atoms with van der Waals surface area (Å²) in [6.07, 6.45) is 21.8. The van der Waals surface area contributed by atoms with Crippen LogP contribution in [0.3, 0.4) is 0 Å². The Morgan fingerprint density at radius 1 is 0.718 bits per heavy atom. The monoisotopic (exact) mass is 509 g/mol. The second-order valence-corrected chi connectivity index (χ2v) is 11.1. The van der Waals surface area contributed by atoms with Crippen LogP contribution in [-0.2, 0) is 5.41 Å². The molecule has 0 saturated carbocycles. The van der Waals surface area contributed by atoms with Crippen LogP contribution in [0.2, 0.25) is 0 Å². The van der Waals surface area contributed by atoms with Gasteiger partial charge in [0.25, 0.3) is 0 Å². The predicted molar refractivity (Wildman–Crippen MR) is 155 cm³/mol. The lowest BCUT2D eigenvalue weighted by Crippen LogP contribution is -2.39. The minimum absolute atomic E-state index is 0.290. The molecule has 39 heavy (non-hydrogen) atoms. The van der Waals surface area contributed by atoms with Gasteiger partial charge in [0.1, 0.15) is 23.0 Å². The molecule has 0 saturated heterocycles. The van der Waals surface area contributed by atoms with Gasteiger partial charge in [-0.1, -0.05) is 91.1 Å². The average Bonchev–Trinajstić information content (AvgIpc) is 3.01. The molecule has 1 N–H and O–H groups in total. The quantitative estimate of drug-likeness (QED) is 0.352. The summed E-state index contributed by atoms with van der Waals surface area (Å²) in [5.74, 6) is 4.26. The number of rotatable bonds is 2. The number of ether oxygens (including phenoxy) is 2. The SMILES string of the molecule is C1=CCC(c2ccc3c(c2)Oc2cc(C4CC=CCN4)ccc2C32C3=C(CCC=C3)Oc3ccccc32)C=C1. The van der Waals surface area contributed by atoms with Crippen molar-refractivity contribution in [2.24, 2.45) is 0 Å². The van der Waals surface area contributed by atoms with E-state index in [1.807, 2.05) is 0 Å². The van der Waals surface area contributed by atoms with Crippen molar-refractivity contribution in [2.75, 3.05) is 6.54 Å². The number of para-hydroxylation sites is 1. The maximum absolute atomic E-state index is 6.89. The van der Waals surface area contributed by atoms with Crippen LogP contribution >= 0.6 is 0 Å². The van der Waals surface area contributed by atoms with Crippen LogP contribution in [0.15, 0.2) is 121 Å². The topological polar surface area (TPSA) is 30.5 Å². The van der Waals surface area contributed by atoms with Crippen LogP contribution in [-0.4, -0.2) is 6.54 Å². The number of fused-ring (bicyclic) bond motifs is 7. The van der Waals surface area contributed by atoms with E-state index >= 15 is 0 Å². The predicted octanol–water partition coefficient (Wildman–Crippen LogP) is 8.31. The highest BCUT2D eigenvalue weighted by Crippen LogP contribution is 2.61. The summed E-state index contributed by atoms with van der Waals surface area (Å²) in [6, 6.07) is 22.7. The van der Waals surface area contributed by atoms with E-state index in [-0.39, 0.29) is 6.04 Å². The number of benzene rings is 3. The van der Waals surface area contributed by atoms with Gasteiger partial charge < -0.3 is 14.8 Å². The van der Waals surface area contributed by atoms with Gasteiger partial charge in [0.15, 0.2) is 0 Å². The Labute approximate surface area is 229 Å². The molecule has 0 aromatic heterocycles. The highest BCUT2D eigenvalue weighted by Gasteiger charge is 2.51. The van der Waals surface area contributed by atoms with Gasteiger partial charge in [-0.3, -0.25) is 0 Å². The van der Waals surface area contributed by atoms with Crippen molar-refractivity contribution >= 4 is 0 Å². The third-order valence-corrected chi connectivity index (χ3v) is 8.92. The Hall–Kier alpha value is -4.08. The minimum Gasteiger partial charge on any atom is -0.461 e. The van der Waals surface area contributed by atoms with Crippen LogP contribution in [0.1, 0.15) is 65.5 Å². The van der Waals surface area contributed by atoms with E-state index in [0.717, 1.165) is 55.2 Å². The molecule has 3 unspecified atom stereocenters. The van der Waals surface area contributed by atoms with Gasteiger partial charge in [0.05, 0.1) is 5.41 Å². The highest BCUT2D eigenvalue weighted by atomic mass is 16.5. The van der Waals surface area contributed by atoms with Gasteiger partial charge in [-0.15, -0.1) is 0 Å². The first-order valence-electron chi connectivity index (χ1n) is 14.2. The zero-order chi connectivity index (χ0) is 25.8. The Bertz CT molecular complexity index is 1640. The third kappa shape index (κ3) is 3.46. The summed E-state index contributed by atoms with van der Waals surface area (Å²) >= 11 is 0. The number of hydrogen-bond donors (Lipinski definition) is 1. The van der Waals surface area contributed by atoms with Crippen LogP contribution < -0.4 is 14.8 Å². The average molecular weight is 510 g/mol. The molecule has 0 bridgehead atoms. The van der Waals surface area contributed by atoms with Crippen molar-refractivity contribution in [1.29, 1.82) is 0 Å². The Kier molecular flexibility index (Phi) is 5.27. The van der Waals surface area contributed by atoms with E-state index in [1.165, 1.54) is 33.4 Å². The van der Waals surface area contributed by atoms with Gasteiger partial charge in [-0.05, 0) is 48.6 Å². The summed E-state index contributed by atoms with van der Waals surface area (Å²) in [7, 11) is 0. The zero-order valence-electron chi connectivity index (χ0n) is 21.9. The molecule has 3 nitrogen and oxygen atoms in total. The van der Waals surface area contributed by atoms with E-state index in [0.29, 0.717) is 5.92 Å². The lowest BCUT2D eigenvalue weighted by molar-refractivity contribution is 0.350. The minimum atomic E-state index is -0.497.